The first-order valence-corrected chi connectivity index (χ1v) is 9.88. The maximum atomic E-state index is 13.1. The minimum absolute atomic E-state index is 0.0804. The zero-order valence-corrected chi connectivity index (χ0v) is 15.4. The van der Waals surface area contributed by atoms with Crippen molar-refractivity contribution in [1.29, 1.82) is 0 Å². The van der Waals surface area contributed by atoms with Crippen molar-refractivity contribution in [1.82, 2.24) is 0 Å². The first-order valence-electron chi connectivity index (χ1n) is 9.88. The molecule has 1 aromatic carbocycles. The molecule has 4 rings (SSSR count). The number of allylic oxidation sites excluding steroid dienone is 2. The Morgan fingerprint density at radius 2 is 2.12 bits per heavy atom. The first-order chi connectivity index (χ1) is 11.5. The Morgan fingerprint density at radius 1 is 1.29 bits per heavy atom. The van der Waals surface area contributed by atoms with E-state index in [0.29, 0.717) is 23.5 Å². The molecule has 0 heterocycles. The van der Waals surface area contributed by atoms with Crippen LogP contribution in [-0.4, -0.2) is 5.78 Å². The van der Waals surface area contributed by atoms with Gasteiger partial charge in [0.05, 0.1) is 0 Å². The number of hydrogen-bond donors (Lipinski definition) is 0. The van der Waals surface area contributed by atoms with Gasteiger partial charge in [0.15, 0.2) is 5.78 Å². The van der Waals surface area contributed by atoms with E-state index >= 15 is 0 Å². The molecule has 4 unspecified atom stereocenters. The number of fused-ring (bicyclic) bond motifs is 5. The van der Waals surface area contributed by atoms with Gasteiger partial charge in [0.25, 0.3) is 0 Å². The van der Waals surface area contributed by atoms with E-state index in [0.717, 1.165) is 31.3 Å². The monoisotopic (exact) mass is 322 g/mol. The fourth-order valence-electron chi connectivity index (χ4n) is 5.88. The summed E-state index contributed by atoms with van der Waals surface area (Å²) in [5.74, 6) is 2.44. The molecule has 0 aromatic heterocycles. The molecular formula is C23H30O. The maximum Gasteiger partial charge on any atom is 0.164 e. The molecule has 0 aliphatic heterocycles. The zero-order valence-electron chi connectivity index (χ0n) is 15.4. The molecule has 128 valence electrons. The summed E-state index contributed by atoms with van der Waals surface area (Å²) in [6, 6.07) is 7.06. The summed E-state index contributed by atoms with van der Waals surface area (Å²) < 4.78 is 0. The highest BCUT2D eigenvalue weighted by Gasteiger charge is 2.56. The first kappa shape index (κ1) is 16.1. The van der Waals surface area contributed by atoms with Crippen molar-refractivity contribution in [3.8, 4) is 0 Å². The summed E-state index contributed by atoms with van der Waals surface area (Å²) in [5.41, 5.74) is 5.62. The van der Waals surface area contributed by atoms with Gasteiger partial charge in [-0.05, 0) is 79.9 Å². The van der Waals surface area contributed by atoms with Crippen LogP contribution in [0, 0.1) is 24.2 Å². The van der Waals surface area contributed by atoms with Gasteiger partial charge in [-0.3, -0.25) is 4.79 Å². The molecule has 0 saturated heterocycles. The minimum atomic E-state index is -0.0804. The molecule has 24 heavy (non-hydrogen) atoms. The SMILES string of the molecule is CCC/C=C1/CC2C3CCc4cc(C)ccc4C3CCC2(C)C1=O. The molecule has 2 fully saturated rings. The molecule has 0 spiro atoms. The highest BCUT2D eigenvalue weighted by Crippen LogP contribution is 2.60. The number of hydrogen-bond acceptors (Lipinski definition) is 1. The molecule has 0 N–H and O–H groups in total. The zero-order chi connectivity index (χ0) is 16.9. The molecule has 1 aromatic rings. The Bertz CT molecular complexity index is 698. The predicted molar refractivity (Wildman–Crippen MR) is 99.2 cm³/mol. The van der Waals surface area contributed by atoms with Gasteiger partial charge in [0.2, 0.25) is 0 Å². The summed E-state index contributed by atoms with van der Waals surface area (Å²) in [4.78, 5) is 13.1. The van der Waals surface area contributed by atoms with Crippen molar-refractivity contribution in [3.05, 3.63) is 46.5 Å². The molecule has 3 aliphatic carbocycles. The number of carbonyl (C=O) groups is 1. The second kappa shape index (κ2) is 5.86. The van der Waals surface area contributed by atoms with Crippen LogP contribution in [0.15, 0.2) is 29.8 Å². The number of Topliss-reactive ketones (excluding diaryl/α,β-unsaturated/α-hetero) is 1. The molecule has 1 heteroatoms. The molecular weight excluding hydrogens is 292 g/mol. The van der Waals surface area contributed by atoms with Gasteiger partial charge in [-0.2, -0.15) is 0 Å². The van der Waals surface area contributed by atoms with Crippen molar-refractivity contribution in [2.24, 2.45) is 17.3 Å². The van der Waals surface area contributed by atoms with E-state index in [9.17, 15) is 4.79 Å². The van der Waals surface area contributed by atoms with Gasteiger partial charge in [-0.1, -0.05) is 50.1 Å². The van der Waals surface area contributed by atoms with Gasteiger partial charge in [0.1, 0.15) is 0 Å². The summed E-state index contributed by atoms with van der Waals surface area (Å²) in [6.07, 6.45) is 10.2. The topological polar surface area (TPSA) is 17.1 Å². The van der Waals surface area contributed by atoms with Crippen molar-refractivity contribution >= 4 is 5.78 Å². The minimum Gasteiger partial charge on any atom is -0.294 e. The van der Waals surface area contributed by atoms with E-state index in [1.165, 1.54) is 24.8 Å². The number of unbranched alkanes of at least 4 members (excludes halogenated alkanes) is 1. The fourth-order valence-corrected chi connectivity index (χ4v) is 5.88. The highest BCUT2D eigenvalue weighted by atomic mass is 16.1. The van der Waals surface area contributed by atoms with E-state index in [1.807, 2.05) is 0 Å². The number of benzene rings is 1. The molecule has 0 bridgehead atoms. The number of ketones is 1. The standard InChI is InChI=1S/C23H30O/c1-4-5-6-17-14-21-20-10-8-16-13-15(2)7-9-18(16)19(20)11-12-23(21,3)22(17)24/h6-7,9,13,19-21H,4-5,8,10-12,14H2,1-3H3/b17-6-. The van der Waals surface area contributed by atoms with Gasteiger partial charge in [-0.15, -0.1) is 0 Å². The smallest absolute Gasteiger partial charge is 0.164 e. The van der Waals surface area contributed by atoms with E-state index in [-0.39, 0.29) is 5.41 Å². The fraction of sp³-hybridized carbons (Fsp3) is 0.609. The van der Waals surface area contributed by atoms with Crippen LogP contribution in [0.5, 0.6) is 0 Å². The van der Waals surface area contributed by atoms with Crippen LogP contribution >= 0.6 is 0 Å². The number of aryl methyl sites for hydroxylation is 2. The van der Waals surface area contributed by atoms with Crippen LogP contribution < -0.4 is 0 Å². The lowest BCUT2D eigenvalue weighted by atomic mass is 9.55. The number of rotatable bonds is 2. The molecule has 1 nitrogen and oxygen atoms in total. The Labute approximate surface area is 146 Å². The third-order valence-corrected chi connectivity index (χ3v) is 7.20. The normalized spacial score (nSPS) is 36.4. The predicted octanol–water partition coefficient (Wildman–Crippen LogP) is 5.76. The van der Waals surface area contributed by atoms with Gasteiger partial charge in [-0.25, -0.2) is 0 Å². The third kappa shape index (κ3) is 2.31. The van der Waals surface area contributed by atoms with E-state index in [4.69, 9.17) is 0 Å². The molecule has 0 radical (unpaired) electrons. The summed E-state index contributed by atoms with van der Waals surface area (Å²) >= 11 is 0. The molecule has 4 atom stereocenters. The Balaban J connectivity index is 1.67. The van der Waals surface area contributed by atoms with Crippen LogP contribution in [0.1, 0.15) is 75.0 Å². The van der Waals surface area contributed by atoms with Crippen LogP contribution in [0.4, 0.5) is 0 Å². The second-order valence-corrected chi connectivity index (χ2v) is 8.63. The van der Waals surface area contributed by atoms with Gasteiger partial charge in [0, 0.05) is 5.41 Å². The number of carbonyl (C=O) groups excluding carboxylic acids is 1. The lowest BCUT2D eigenvalue weighted by Gasteiger charge is -2.48. The van der Waals surface area contributed by atoms with E-state index < -0.39 is 0 Å². The largest absolute Gasteiger partial charge is 0.294 e. The molecule has 2 saturated carbocycles. The second-order valence-electron chi connectivity index (χ2n) is 8.63. The lowest BCUT2D eigenvalue weighted by Crippen LogP contribution is -2.42. The van der Waals surface area contributed by atoms with Crippen LogP contribution in [0.2, 0.25) is 0 Å². The lowest BCUT2D eigenvalue weighted by molar-refractivity contribution is -0.127. The van der Waals surface area contributed by atoms with Crippen LogP contribution in [0.3, 0.4) is 0 Å². The Hall–Kier alpha value is -1.37. The molecule has 3 aliphatic rings. The Morgan fingerprint density at radius 3 is 2.92 bits per heavy atom. The van der Waals surface area contributed by atoms with Crippen molar-refractivity contribution in [2.45, 2.75) is 71.6 Å². The average molecular weight is 322 g/mol. The summed E-state index contributed by atoms with van der Waals surface area (Å²) in [5, 5.41) is 0. The summed E-state index contributed by atoms with van der Waals surface area (Å²) in [7, 11) is 0. The van der Waals surface area contributed by atoms with Crippen LogP contribution in [-0.2, 0) is 11.2 Å². The van der Waals surface area contributed by atoms with E-state index in [2.05, 4.69) is 45.0 Å². The van der Waals surface area contributed by atoms with Crippen molar-refractivity contribution in [3.63, 3.8) is 0 Å². The van der Waals surface area contributed by atoms with Gasteiger partial charge >= 0.3 is 0 Å². The quantitative estimate of drug-likeness (QED) is 0.633. The third-order valence-electron chi connectivity index (χ3n) is 7.20. The van der Waals surface area contributed by atoms with Gasteiger partial charge < -0.3 is 0 Å². The van der Waals surface area contributed by atoms with E-state index in [1.54, 1.807) is 11.1 Å². The van der Waals surface area contributed by atoms with Crippen LogP contribution in [0.25, 0.3) is 0 Å². The highest BCUT2D eigenvalue weighted by molar-refractivity contribution is 6.02. The Kier molecular flexibility index (Phi) is 3.94. The van der Waals surface area contributed by atoms with Crippen molar-refractivity contribution < 1.29 is 4.79 Å². The maximum absolute atomic E-state index is 13.1. The molecule has 0 amide bonds. The van der Waals surface area contributed by atoms with Crippen molar-refractivity contribution in [2.75, 3.05) is 0 Å². The summed E-state index contributed by atoms with van der Waals surface area (Å²) in [6.45, 7) is 6.67. The average Bonchev–Trinajstić information content (AvgIpc) is 2.84.